The largest absolute Gasteiger partial charge is 0.423 e. The molecule has 3 rings (SSSR count). The molecule has 0 radical (unpaired) electrons. The molecule has 0 saturated carbocycles. The van der Waals surface area contributed by atoms with Crippen LogP contribution < -0.4 is 5.32 Å². The van der Waals surface area contributed by atoms with E-state index in [0.29, 0.717) is 16.1 Å². The Balaban J connectivity index is 1.87. The molecule has 1 N–H and O–H groups in total. The van der Waals surface area contributed by atoms with Crippen LogP contribution in [0.4, 0.5) is 10.4 Å². The molecular formula is C14H8ClFN2O2. The van der Waals surface area contributed by atoms with Crippen molar-refractivity contribution in [3.63, 3.8) is 0 Å². The van der Waals surface area contributed by atoms with Crippen LogP contribution in [0.5, 0.6) is 0 Å². The molecule has 0 fully saturated rings. The van der Waals surface area contributed by atoms with Crippen LogP contribution in [0.25, 0.3) is 11.1 Å². The zero-order valence-electron chi connectivity index (χ0n) is 10.1. The number of hydrogen-bond acceptors (Lipinski definition) is 3. The second-order valence-electron chi connectivity index (χ2n) is 4.10. The van der Waals surface area contributed by atoms with Crippen molar-refractivity contribution in [3.05, 3.63) is 58.9 Å². The molecule has 0 spiro atoms. The summed E-state index contributed by atoms with van der Waals surface area (Å²) in [5.41, 5.74) is 1.22. The average molecular weight is 291 g/mol. The molecule has 0 saturated heterocycles. The summed E-state index contributed by atoms with van der Waals surface area (Å²) in [5, 5.41) is 2.99. The zero-order chi connectivity index (χ0) is 14.1. The van der Waals surface area contributed by atoms with Gasteiger partial charge in [-0.25, -0.2) is 4.39 Å². The number of anilines is 1. The summed E-state index contributed by atoms with van der Waals surface area (Å²) < 4.78 is 18.4. The molecular weight excluding hydrogens is 283 g/mol. The van der Waals surface area contributed by atoms with Gasteiger partial charge < -0.3 is 4.42 Å². The lowest BCUT2D eigenvalue weighted by Gasteiger charge is -2.00. The molecule has 6 heteroatoms. The highest BCUT2D eigenvalue weighted by Gasteiger charge is 2.12. The van der Waals surface area contributed by atoms with Gasteiger partial charge in [0, 0.05) is 10.6 Å². The number of oxazole rings is 1. The van der Waals surface area contributed by atoms with Crippen LogP contribution in [-0.2, 0) is 0 Å². The second-order valence-corrected chi connectivity index (χ2v) is 4.53. The zero-order valence-corrected chi connectivity index (χ0v) is 10.8. The number of carbonyl (C=O) groups is 1. The average Bonchev–Trinajstić information content (AvgIpc) is 2.80. The molecule has 0 aliphatic carbocycles. The Bertz CT molecular complexity index is 801. The molecule has 20 heavy (non-hydrogen) atoms. The standard InChI is InChI=1S/C14H8ClFN2O2/c15-9-4-5-12-11(7-9)17-14(20-12)18-13(19)8-2-1-3-10(16)6-8/h1-7H,(H,17,18,19). The summed E-state index contributed by atoms with van der Waals surface area (Å²) in [5.74, 6) is -0.982. The van der Waals surface area contributed by atoms with Gasteiger partial charge in [0.15, 0.2) is 5.58 Å². The van der Waals surface area contributed by atoms with Gasteiger partial charge in [-0.15, -0.1) is 0 Å². The van der Waals surface area contributed by atoms with Crippen molar-refractivity contribution in [2.45, 2.75) is 0 Å². The van der Waals surface area contributed by atoms with Crippen molar-refractivity contribution < 1.29 is 13.6 Å². The molecule has 2 aromatic carbocycles. The van der Waals surface area contributed by atoms with Crippen molar-refractivity contribution in [1.29, 1.82) is 0 Å². The van der Waals surface area contributed by atoms with Crippen LogP contribution in [0, 0.1) is 5.82 Å². The third-order valence-electron chi connectivity index (χ3n) is 2.66. The van der Waals surface area contributed by atoms with Crippen molar-refractivity contribution in [2.24, 2.45) is 0 Å². The Hall–Kier alpha value is -2.40. The summed E-state index contributed by atoms with van der Waals surface area (Å²) in [7, 11) is 0. The summed E-state index contributed by atoms with van der Waals surface area (Å²) in [6.07, 6.45) is 0. The van der Waals surface area contributed by atoms with Crippen LogP contribution in [0.15, 0.2) is 46.9 Å². The fourth-order valence-corrected chi connectivity index (χ4v) is 1.92. The summed E-state index contributed by atoms with van der Waals surface area (Å²) in [6.45, 7) is 0. The number of hydrogen-bond donors (Lipinski definition) is 1. The van der Waals surface area contributed by atoms with Crippen LogP contribution in [0.1, 0.15) is 10.4 Å². The van der Waals surface area contributed by atoms with Gasteiger partial charge in [0.1, 0.15) is 11.3 Å². The predicted molar refractivity (Wildman–Crippen MR) is 73.4 cm³/mol. The Morgan fingerprint density at radius 1 is 1.25 bits per heavy atom. The maximum absolute atomic E-state index is 13.0. The Labute approximate surface area is 118 Å². The number of amides is 1. The number of aromatic nitrogens is 1. The van der Waals surface area contributed by atoms with Crippen LogP contribution in [0.2, 0.25) is 5.02 Å². The third-order valence-corrected chi connectivity index (χ3v) is 2.89. The van der Waals surface area contributed by atoms with E-state index in [9.17, 15) is 9.18 Å². The van der Waals surface area contributed by atoms with Crippen molar-refractivity contribution >= 4 is 34.6 Å². The molecule has 3 aromatic rings. The Kier molecular flexibility index (Phi) is 3.12. The van der Waals surface area contributed by atoms with Gasteiger partial charge in [0.05, 0.1) is 0 Å². The van der Waals surface area contributed by atoms with E-state index in [2.05, 4.69) is 10.3 Å². The lowest BCUT2D eigenvalue weighted by atomic mass is 10.2. The highest BCUT2D eigenvalue weighted by molar-refractivity contribution is 6.31. The first-order valence-electron chi connectivity index (χ1n) is 5.75. The van der Waals surface area contributed by atoms with Gasteiger partial charge in [0.2, 0.25) is 0 Å². The predicted octanol–water partition coefficient (Wildman–Crippen LogP) is 3.87. The van der Waals surface area contributed by atoms with E-state index in [1.807, 2.05) is 0 Å². The van der Waals surface area contributed by atoms with Crippen molar-refractivity contribution in [1.82, 2.24) is 4.98 Å². The van der Waals surface area contributed by atoms with Crippen LogP contribution >= 0.6 is 11.6 Å². The van der Waals surface area contributed by atoms with E-state index in [1.165, 1.54) is 18.2 Å². The van der Waals surface area contributed by atoms with E-state index < -0.39 is 11.7 Å². The van der Waals surface area contributed by atoms with E-state index >= 15 is 0 Å². The molecule has 1 aromatic heterocycles. The Morgan fingerprint density at radius 2 is 2.10 bits per heavy atom. The minimum Gasteiger partial charge on any atom is -0.423 e. The molecule has 100 valence electrons. The van der Waals surface area contributed by atoms with Crippen molar-refractivity contribution in [3.8, 4) is 0 Å². The first kappa shape index (κ1) is 12.6. The van der Waals surface area contributed by atoms with Gasteiger partial charge in [-0.05, 0) is 36.4 Å². The lowest BCUT2D eigenvalue weighted by Crippen LogP contribution is -2.12. The molecule has 1 amide bonds. The lowest BCUT2D eigenvalue weighted by molar-refractivity contribution is 0.102. The smallest absolute Gasteiger partial charge is 0.302 e. The molecule has 0 bridgehead atoms. The highest BCUT2D eigenvalue weighted by Crippen LogP contribution is 2.22. The number of halogens is 2. The first-order chi connectivity index (χ1) is 9.61. The number of nitrogens with one attached hydrogen (secondary N) is 1. The van der Waals surface area contributed by atoms with Gasteiger partial charge in [-0.3, -0.25) is 10.1 Å². The molecule has 0 aliphatic rings. The van der Waals surface area contributed by atoms with Gasteiger partial charge in [0.25, 0.3) is 5.91 Å². The van der Waals surface area contributed by atoms with Gasteiger partial charge in [-0.1, -0.05) is 17.7 Å². The monoisotopic (exact) mass is 290 g/mol. The van der Waals surface area contributed by atoms with E-state index in [-0.39, 0.29) is 11.6 Å². The number of benzene rings is 2. The van der Waals surface area contributed by atoms with Crippen molar-refractivity contribution in [2.75, 3.05) is 5.32 Å². The maximum atomic E-state index is 13.0. The summed E-state index contributed by atoms with van der Waals surface area (Å²) >= 11 is 5.84. The molecule has 1 heterocycles. The quantitative estimate of drug-likeness (QED) is 0.779. The fourth-order valence-electron chi connectivity index (χ4n) is 1.75. The summed E-state index contributed by atoms with van der Waals surface area (Å²) in [6, 6.07) is 10.3. The number of carbonyl (C=O) groups excluding carboxylic acids is 1. The molecule has 0 unspecified atom stereocenters. The molecule has 4 nitrogen and oxygen atoms in total. The number of rotatable bonds is 2. The van der Waals surface area contributed by atoms with Gasteiger partial charge in [-0.2, -0.15) is 4.98 Å². The molecule has 0 atom stereocenters. The number of nitrogens with zero attached hydrogens (tertiary/aromatic N) is 1. The minimum absolute atomic E-state index is 0.0385. The van der Waals surface area contributed by atoms with E-state index in [0.717, 1.165) is 6.07 Å². The van der Waals surface area contributed by atoms with Crippen LogP contribution in [0.3, 0.4) is 0 Å². The van der Waals surface area contributed by atoms with Gasteiger partial charge >= 0.3 is 6.01 Å². The van der Waals surface area contributed by atoms with Crippen LogP contribution in [-0.4, -0.2) is 10.9 Å². The maximum Gasteiger partial charge on any atom is 0.302 e. The van der Waals surface area contributed by atoms with E-state index in [4.69, 9.17) is 16.0 Å². The summed E-state index contributed by atoms with van der Waals surface area (Å²) in [4.78, 5) is 16.0. The SMILES string of the molecule is O=C(Nc1nc2cc(Cl)ccc2o1)c1cccc(F)c1. The number of fused-ring (bicyclic) bond motifs is 1. The second kappa shape index (κ2) is 4.94. The third kappa shape index (κ3) is 2.48. The fraction of sp³-hybridized carbons (Fsp3) is 0. The minimum atomic E-state index is -0.498. The Morgan fingerprint density at radius 3 is 2.90 bits per heavy atom. The molecule has 0 aliphatic heterocycles. The first-order valence-corrected chi connectivity index (χ1v) is 6.12. The topological polar surface area (TPSA) is 55.1 Å². The normalized spacial score (nSPS) is 10.7. The highest BCUT2D eigenvalue weighted by atomic mass is 35.5. The van der Waals surface area contributed by atoms with E-state index in [1.54, 1.807) is 18.2 Å².